The lowest BCUT2D eigenvalue weighted by molar-refractivity contribution is 0.414. The Balaban J connectivity index is 2.31. The average Bonchev–Trinajstić information content (AvgIpc) is 2.53. The van der Waals surface area contributed by atoms with Gasteiger partial charge in [-0.2, -0.15) is 0 Å². The van der Waals surface area contributed by atoms with Gasteiger partial charge in [0.25, 0.3) is 0 Å². The number of hydrogen-bond acceptors (Lipinski definition) is 5. The molecular weight excluding hydrogens is 329 g/mol. The van der Waals surface area contributed by atoms with E-state index in [2.05, 4.69) is 0 Å². The van der Waals surface area contributed by atoms with Gasteiger partial charge in [-0.1, -0.05) is 25.1 Å². The van der Waals surface area contributed by atoms with Crippen LogP contribution < -0.4 is 15.3 Å². The van der Waals surface area contributed by atoms with Gasteiger partial charge >= 0.3 is 7.12 Å². The Bertz CT molecular complexity index is 806. The molecule has 1 atom stereocenters. The van der Waals surface area contributed by atoms with Gasteiger partial charge in [0.1, 0.15) is 5.75 Å². The molecule has 1 unspecified atom stereocenters. The molecule has 2 aromatic rings. The van der Waals surface area contributed by atoms with Crippen molar-refractivity contribution in [2.45, 2.75) is 24.2 Å². The summed E-state index contributed by atoms with van der Waals surface area (Å²) in [5.41, 5.74) is 1.81. The average molecular weight is 349 g/mol. The first-order valence-electron chi connectivity index (χ1n) is 7.37. The van der Waals surface area contributed by atoms with Crippen LogP contribution in [-0.2, 0) is 16.4 Å². The lowest BCUT2D eigenvalue weighted by Crippen LogP contribution is -2.31. The van der Waals surface area contributed by atoms with Gasteiger partial charge in [0.05, 0.1) is 12.0 Å². The Morgan fingerprint density at radius 3 is 2.29 bits per heavy atom. The molecule has 4 N–H and O–H groups in total. The van der Waals surface area contributed by atoms with Crippen LogP contribution >= 0.6 is 0 Å². The molecular formula is C16H20BNO5S. The number of rotatable bonds is 6. The number of primary sulfonamides is 1. The van der Waals surface area contributed by atoms with Crippen molar-refractivity contribution in [2.24, 2.45) is 5.14 Å². The van der Waals surface area contributed by atoms with E-state index in [9.17, 15) is 18.5 Å². The summed E-state index contributed by atoms with van der Waals surface area (Å²) in [4.78, 5) is -0.134. The van der Waals surface area contributed by atoms with Crippen molar-refractivity contribution in [3.8, 4) is 5.75 Å². The predicted molar refractivity (Wildman–Crippen MR) is 92.8 cm³/mol. The third-order valence-corrected chi connectivity index (χ3v) is 4.73. The second-order valence-electron chi connectivity index (χ2n) is 5.71. The number of hydrogen-bond donors (Lipinski definition) is 3. The van der Waals surface area contributed by atoms with E-state index in [1.807, 2.05) is 31.2 Å². The van der Waals surface area contributed by atoms with E-state index in [0.717, 1.165) is 11.3 Å². The van der Waals surface area contributed by atoms with E-state index in [0.29, 0.717) is 12.0 Å². The molecule has 0 radical (unpaired) electrons. The molecule has 8 heteroatoms. The summed E-state index contributed by atoms with van der Waals surface area (Å²) < 4.78 is 28.3. The molecule has 0 saturated heterocycles. The molecule has 6 nitrogen and oxygen atoms in total. The van der Waals surface area contributed by atoms with Crippen LogP contribution in [-0.4, -0.2) is 32.7 Å². The largest absolute Gasteiger partial charge is 0.497 e. The fraction of sp³-hybridized carbons (Fsp3) is 0.250. The maximum atomic E-state index is 11.6. The number of ether oxygens (including phenoxy) is 1. The maximum absolute atomic E-state index is 11.6. The summed E-state index contributed by atoms with van der Waals surface area (Å²) in [6.07, 6.45) is 0.523. The lowest BCUT2D eigenvalue weighted by atomic mass is 9.79. The highest BCUT2D eigenvalue weighted by molar-refractivity contribution is 7.89. The molecule has 0 bridgehead atoms. The van der Waals surface area contributed by atoms with E-state index >= 15 is 0 Å². The number of benzene rings is 2. The Morgan fingerprint density at radius 1 is 1.17 bits per heavy atom. The van der Waals surface area contributed by atoms with Gasteiger partial charge in [0.15, 0.2) is 0 Å². The first kappa shape index (κ1) is 18.5. The summed E-state index contributed by atoms with van der Waals surface area (Å²) in [6, 6.07) is 11.8. The standard InChI is InChI=1S/C16H20BNO5S/c1-11(13-3-5-15(23-2)6-4-13)7-12-8-14(17(19)20)10-16(9-12)24(18,21)22/h3-6,8-11,19-20H,7H2,1-2H3,(H2,18,21,22). The van der Waals surface area contributed by atoms with Gasteiger partial charge in [-0.3, -0.25) is 0 Å². The summed E-state index contributed by atoms with van der Waals surface area (Å²) in [7, 11) is -4.10. The fourth-order valence-electron chi connectivity index (χ4n) is 2.52. The summed E-state index contributed by atoms with van der Waals surface area (Å²) in [5.74, 6) is 0.850. The zero-order valence-corrected chi connectivity index (χ0v) is 14.3. The molecule has 24 heavy (non-hydrogen) atoms. The van der Waals surface area contributed by atoms with Crippen molar-refractivity contribution in [1.82, 2.24) is 0 Å². The Hall–Kier alpha value is -1.87. The SMILES string of the molecule is COc1ccc(C(C)Cc2cc(B(O)O)cc(S(N)(=O)=O)c2)cc1. The highest BCUT2D eigenvalue weighted by atomic mass is 32.2. The zero-order valence-electron chi connectivity index (χ0n) is 13.5. The van der Waals surface area contributed by atoms with Crippen molar-refractivity contribution in [1.29, 1.82) is 0 Å². The molecule has 2 aromatic carbocycles. The molecule has 0 aliphatic rings. The first-order chi connectivity index (χ1) is 11.2. The number of sulfonamides is 1. The van der Waals surface area contributed by atoms with Gasteiger partial charge in [-0.05, 0) is 53.2 Å². The van der Waals surface area contributed by atoms with Gasteiger partial charge in [-0.15, -0.1) is 0 Å². The van der Waals surface area contributed by atoms with Gasteiger partial charge < -0.3 is 14.8 Å². The topological polar surface area (TPSA) is 110 Å². The van der Waals surface area contributed by atoms with Crippen molar-refractivity contribution in [3.05, 3.63) is 53.6 Å². The van der Waals surface area contributed by atoms with E-state index in [-0.39, 0.29) is 16.3 Å². The normalized spacial score (nSPS) is 12.7. The zero-order chi connectivity index (χ0) is 17.9. The molecule has 0 aliphatic carbocycles. The Morgan fingerprint density at radius 2 is 1.79 bits per heavy atom. The molecule has 0 amide bonds. The highest BCUT2D eigenvalue weighted by Crippen LogP contribution is 2.23. The minimum Gasteiger partial charge on any atom is -0.497 e. The molecule has 0 fully saturated rings. The van der Waals surface area contributed by atoms with E-state index < -0.39 is 17.1 Å². The van der Waals surface area contributed by atoms with Gasteiger partial charge in [-0.25, -0.2) is 13.6 Å². The molecule has 2 rings (SSSR count). The second-order valence-corrected chi connectivity index (χ2v) is 7.27. The summed E-state index contributed by atoms with van der Waals surface area (Å²) in [5, 5.41) is 23.9. The Kier molecular flexibility index (Phi) is 5.66. The van der Waals surface area contributed by atoms with Crippen molar-refractivity contribution < 1.29 is 23.2 Å². The number of methoxy groups -OCH3 is 1. The van der Waals surface area contributed by atoms with Crippen LogP contribution in [0.1, 0.15) is 24.0 Å². The predicted octanol–water partition coefficient (Wildman–Crippen LogP) is 0.369. The molecule has 0 aromatic heterocycles. The molecule has 0 aliphatic heterocycles. The molecule has 0 saturated carbocycles. The third kappa shape index (κ3) is 4.58. The second kappa shape index (κ2) is 7.35. The summed E-state index contributed by atoms with van der Waals surface area (Å²) in [6.45, 7) is 2.00. The van der Waals surface area contributed by atoms with E-state index in [4.69, 9.17) is 9.88 Å². The van der Waals surface area contributed by atoms with Crippen LogP contribution in [0.25, 0.3) is 0 Å². The van der Waals surface area contributed by atoms with E-state index in [1.54, 1.807) is 13.2 Å². The monoisotopic (exact) mass is 349 g/mol. The molecule has 0 heterocycles. The smallest absolute Gasteiger partial charge is 0.488 e. The van der Waals surface area contributed by atoms with Crippen molar-refractivity contribution in [3.63, 3.8) is 0 Å². The van der Waals surface area contributed by atoms with Crippen molar-refractivity contribution in [2.75, 3.05) is 7.11 Å². The van der Waals surface area contributed by atoms with Gasteiger partial charge in [0, 0.05) is 0 Å². The molecule has 128 valence electrons. The minimum absolute atomic E-state index is 0.0929. The quantitative estimate of drug-likeness (QED) is 0.653. The van der Waals surface area contributed by atoms with Crippen LogP contribution in [0.4, 0.5) is 0 Å². The first-order valence-corrected chi connectivity index (χ1v) is 8.92. The van der Waals surface area contributed by atoms with Crippen LogP contribution in [0.15, 0.2) is 47.4 Å². The highest BCUT2D eigenvalue weighted by Gasteiger charge is 2.18. The van der Waals surface area contributed by atoms with Crippen molar-refractivity contribution >= 4 is 22.6 Å². The molecule has 0 spiro atoms. The minimum atomic E-state index is -3.93. The summed E-state index contributed by atoms with van der Waals surface area (Å²) >= 11 is 0. The maximum Gasteiger partial charge on any atom is 0.488 e. The fourth-order valence-corrected chi connectivity index (χ4v) is 3.14. The van der Waals surface area contributed by atoms with Crippen LogP contribution in [0.5, 0.6) is 5.75 Å². The van der Waals surface area contributed by atoms with Crippen LogP contribution in [0.3, 0.4) is 0 Å². The third-order valence-electron chi connectivity index (χ3n) is 3.84. The van der Waals surface area contributed by atoms with Crippen LogP contribution in [0, 0.1) is 0 Å². The van der Waals surface area contributed by atoms with E-state index in [1.165, 1.54) is 12.1 Å². The van der Waals surface area contributed by atoms with Crippen LogP contribution in [0.2, 0.25) is 0 Å². The Labute approximate surface area is 142 Å². The van der Waals surface area contributed by atoms with Gasteiger partial charge in [0.2, 0.25) is 10.0 Å². The number of nitrogens with two attached hydrogens (primary N) is 1. The lowest BCUT2D eigenvalue weighted by Gasteiger charge is -2.14.